The lowest BCUT2D eigenvalue weighted by molar-refractivity contribution is -0.117. The molecule has 152 valence electrons. The maximum Gasteiger partial charge on any atom is 0.273 e. The quantitative estimate of drug-likeness (QED) is 0.466. The van der Waals surface area contributed by atoms with Crippen LogP contribution in [0.2, 0.25) is 0 Å². The van der Waals surface area contributed by atoms with Crippen LogP contribution in [0.3, 0.4) is 0 Å². The Bertz CT molecular complexity index is 1010. The summed E-state index contributed by atoms with van der Waals surface area (Å²) in [7, 11) is 1.59. The molecular weight excluding hydrogens is 380 g/mol. The number of methoxy groups -OCH3 is 1. The van der Waals surface area contributed by atoms with E-state index in [1.54, 1.807) is 49.6 Å². The summed E-state index contributed by atoms with van der Waals surface area (Å²) in [5, 5.41) is 0. The van der Waals surface area contributed by atoms with E-state index < -0.39 is 11.8 Å². The van der Waals surface area contributed by atoms with Crippen LogP contribution in [0.1, 0.15) is 21.5 Å². The molecule has 0 fully saturated rings. The third-order valence-corrected chi connectivity index (χ3v) is 4.21. The van der Waals surface area contributed by atoms with Crippen molar-refractivity contribution in [2.45, 2.75) is 6.61 Å². The first kappa shape index (κ1) is 20.7. The molecule has 0 aliphatic carbocycles. The number of hydrazine groups is 1. The van der Waals surface area contributed by atoms with Crippen molar-refractivity contribution >= 4 is 17.9 Å². The fraction of sp³-hybridized carbons (Fsp3) is 0.0833. The number of hydrogen-bond donors (Lipinski definition) is 2. The molecule has 0 aliphatic heterocycles. The fourth-order valence-corrected chi connectivity index (χ4v) is 2.63. The molecule has 0 spiro atoms. The molecule has 3 aromatic carbocycles. The van der Waals surface area contributed by atoms with Crippen molar-refractivity contribution in [2.75, 3.05) is 7.11 Å². The van der Waals surface area contributed by atoms with Gasteiger partial charge in [0.15, 0.2) is 0 Å². The third kappa shape index (κ3) is 5.97. The van der Waals surface area contributed by atoms with Crippen molar-refractivity contribution < 1.29 is 19.1 Å². The minimum atomic E-state index is -0.468. The Balaban J connectivity index is 1.55. The normalized spacial score (nSPS) is 10.4. The smallest absolute Gasteiger partial charge is 0.273 e. The van der Waals surface area contributed by atoms with E-state index >= 15 is 0 Å². The number of hydrogen-bond acceptors (Lipinski definition) is 4. The minimum absolute atomic E-state index is 0.327. The standard InChI is InChI=1S/C24H22N2O4/c1-29-20-14-11-18(12-15-20)13-16-23(27)25-26-24(28)21-9-5-6-10-22(21)30-17-19-7-3-2-4-8-19/h2-16H,17H2,1H3,(H,25,27)(H,26,28). The van der Waals surface area contributed by atoms with Crippen LogP contribution in [-0.2, 0) is 11.4 Å². The molecule has 6 heteroatoms. The van der Waals surface area contributed by atoms with Crippen LogP contribution in [-0.4, -0.2) is 18.9 Å². The van der Waals surface area contributed by atoms with Gasteiger partial charge in [0, 0.05) is 6.08 Å². The Kier molecular flexibility index (Phi) is 7.22. The largest absolute Gasteiger partial charge is 0.497 e. The topological polar surface area (TPSA) is 76.7 Å². The predicted molar refractivity (Wildman–Crippen MR) is 115 cm³/mol. The van der Waals surface area contributed by atoms with Crippen molar-refractivity contribution in [1.29, 1.82) is 0 Å². The zero-order valence-corrected chi connectivity index (χ0v) is 16.5. The molecule has 0 bridgehead atoms. The van der Waals surface area contributed by atoms with Gasteiger partial charge in [-0.1, -0.05) is 54.6 Å². The monoisotopic (exact) mass is 402 g/mol. The number of nitrogens with one attached hydrogen (secondary N) is 2. The molecule has 0 radical (unpaired) electrons. The molecule has 30 heavy (non-hydrogen) atoms. The summed E-state index contributed by atoms with van der Waals surface area (Å²) in [4.78, 5) is 24.5. The van der Waals surface area contributed by atoms with Crippen LogP contribution in [0.5, 0.6) is 11.5 Å². The van der Waals surface area contributed by atoms with Crippen molar-refractivity contribution in [2.24, 2.45) is 0 Å². The Hall–Kier alpha value is -4.06. The van der Waals surface area contributed by atoms with E-state index in [-0.39, 0.29) is 0 Å². The van der Waals surface area contributed by atoms with Crippen LogP contribution in [0, 0.1) is 0 Å². The van der Waals surface area contributed by atoms with Gasteiger partial charge < -0.3 is 9.47 Å². The van der Waals surface area contributed by atoms with Gasteiger partial charge in [0.05, 0.1) is 12.7 Å². The first-order valence-corrected chi connectivity index (χ1v) is 9.34. The SMILES string of the molecule is COc1ccc(C=CC(=O)NNC(=O)c2ccccc2OCc2ccccc2)cc1. The molecule has 3 aromatic rings. The Morgan fingerprint density at radius 3 is 2.30 bits per heavy atom. The maximum atomic E-state index is 12.5. The molecule has 0 unspecified atom stereocenters. The Morgan fingerprint density at radius 2 is 1.57 bits per heavy atom. The van der Waals surface area contributed by atoms with E-state index in [0.29, 0.717) is 17.9 Å². The van der Waals surface area contributed by atoms with Gasteiger partial charge in [-0.2, -0.15) is 0 Å². The van der Waals surface area contributed by atoms with Gasteiger partial charge in [-0.3, -0.25) is 20.4 Å². The molecule has 0 atom stereocenters. The zero-order valence-electron chi connectivity index (χ0n) is 16.5. The van der Waals surface area contributed by atoms with Gasteiger partial charge >= 0.3 is 0 Å². The highest BCUT2D eigenvalue weighted by Gasteiger charge is 2.12. The van der Waals surface area contributed by atoms with Gasteiger partial charge in [-0.05, 0) is 41.5 Å². The van der Waals surface area contributed by atoms with E-state index in [9.17, 15) is 9.59 Å². The lowest BCUT2D eigenvalue weighted by Gasteiger charge is -2.12. The molecule has 0 saturated carbocycles. The summed E-state index contributed by atoms with van der Waals surface area (Å²) in [5.74, 6) is 0.241. The van der Waals surface area contributed by atoms with E-state index in [2.05, 4.69) is 10.9 Å². The van der Waals surface area contributed by atoms with Crippen LogP contribution in [0.4, 0.5) is 0 Å². The second-order valence-electron chi connectivity index (χ2n) is 6.32. The van der Waals surface area contributed by atoms with E-state index in [1.165, 1.54) is 6.08 Å². The lowest BCUT2D eigenvalue weighted by atomic mass is 10.2. The summed E-state index contributed by atoms with van der Waals surface area (Å²) in [6.45, 7) is 0.335. The van der Waals surface area contributed by atoms with E-state index in [0.717, 1.165) is 16.9 Å². The van der Waals surface area contributed by atoms with Gasteiger partial charge in [0.1, 0.15) is 18.1 Å². The van der Waals surface area contributed by atoms with Gasteiger partial charge in [-0.15, -0.1) is 0 Å². The number of benzene rings is 3. The van der Waals surface area contributed by atoms with Crippen molar-refractivity contribution in [3.63, 3.8) is 0 Å². The van der Waals surface area contributed by atoms with Crippen molar-refractivity contribution in [3.05, 3.63) is 102 Å². The summed E-state index contributed by atoms with van der Waals surface area (Å²) >= 11 is 0. The number of para-hydroxylation sites is 1. The first-order chi connectivity index (χ1) is 14.7. The van der Waals surface area contributed by atoms with Gasteiger partial charge in [-0.25, -0.2) is 0 Å². The van der Waals surface area contributed by atoms with Crippen molar-refractivity contribution in [1.82, 2.24) is 10.9 Å². The lowest BCUT2D eigenvalue weighted by Crippen LogP contribution is -2.40. The summed E-state index contributed by atoms with van der Waals surface area (Å²) in [5.41, 5.74) is 6.92. The number of carbonyl (C=O) groups excluding carboxylic acids is 2. The maximum absolute atomic E-state index is 12.5. The highest BCUT2D eigenvalue weighted by atomic mass is 16.5. The molecular formula is C24H22N2O4. The van der Waals surface area contributed by atoms with Crippen molar-refractivity contribution in [3.8, 4) is 11.5 Å². The molecule has 3 rings (SSSR count). The average molecular weight is 402 g/mol. The summed E-state index contributed by atoms with van der Waals surface area (Å²) < 4.78 is 10.9. The molecule has 0 aromatic heterocycles. The second kappa shape index (κ2) is 10.5. The van der Waals surface area contributed by atoms with Crippen LogP contribution < -0.4 is 20.3 Å². The Morgan fingerprint density at radius 1 is 0.867 bits per heavy atom. The average Bonchev–Trinajstić information content (AvgIpc) is 2.81. The van der Waals surface area contributed by atoms with Gasteiger partial charge in [0.2, 0.25) is 0 Å². The molecule has 0 saturated heterocycles. The van der Waals surface area contributed by atoms with Crippen LogP contribution >= 0.6 is 0 Å². The molecule has 2 N–H and O–H groups in total. The molecule has 0 heterocycles. The highest BCUT2D eigenvalue weighted by Crippen LogP contribution is 2.19. The fourth-order valence-electron chi connectivity index (χ4n) is 2.63. The second-order valence-corrected chi connectivity index (χ2v) is 6.32. The number of ether oxygens (including phenoxy) is 2. The van der Waals surface area contributed by atoms with Crippen LogP contribution in [0.15, 0.2) is 84.9 Å². The highest BCUT2D eigenvalue weighted by molar-refractivity contribution is 5.99. The number of amides is 2. The molecule has 2 amide bonds. The zero-order chi connectivity index (χ0) is 21.2. The number of carbonyl (C=O) groups is 2. The first-order valence-electron chi connectivity index (χ1n) is 9.34. The Labute approximate surface area is 175 Å². The van der Waals surface area contributed by atoms with E-state index in [1.807, 2.05) is 42.5 Å². The summed E-state index contributed by atoms with van der Waals surface area (Å²) in [6, 6.07) is 23.8. The van der Waals surface area contributed by atoms with E-state index in [4.69, 9.17) is 9.47 Å². The predicted octanol–water partition coefficient (Wildman–Crippen LogP) is 3.75. The number of rotatable bonds is 7. The minimum Gasteiger partial charge on any atom is -0.497 e. The van der Waals surface area contributed by atoms with Gasteiger partial charge in [0.25, 0.3) is 11.8 Å². The van der Waals surface area contributed by atoms with Crippen LogP contribution in [0.25, 0.3) is 6.08 Å². The molecule has 6 nitrogen and oxygen atoms in total. The summed E-state index contributed by atoms with van der Waals surface area (Å²) in [6.07, 6.45) is 2.97. The molecule has 0 aliphatic rings. The third-order valence-electron chi connectivity index (χ3n) is 4.21.